The van der Waals surface area contributed by atoms with Gasteiger partial charge in [0.05, 0.1) is 33.5 Å². The molecule has 0 aliphatic rings. The number of benzene rings is 2. The first kappa shape index (κ1) is 18.3. The summed E-state index contributed by atoms with van der Waals surface area (Å²) in [5, 5.41) is 3.98. The fourth-order valence-electron chi connectivity index (χ4n) is 2.19. The lowest BCUT2D eigenvalue weighted by molar-refractivity contribution is -0.120. The van der Waals surface area contributed by atoms with Gasteiger partial charge in [0.2, 0.25) is 5.91 Å². The van der Waals surface area contributed by atoms with Crippen molar-refractivity contribution < 1.29 is 19.0 Å². The number of methoxy groups -OCH3 is 2. The Labute approximate surface area is 147 Å². The van der Waals surface area contributed by atoms with Crippen LogP contribution >= 0.6 is 0 Å². The maximum Gasteiger partial charge on any atom is 0.244 e. The summed E-state index contributed by atoms with van der Waals surface area (Å²) in [4.78, 5) is 11.9. The number of carbonyl (C=O) groups excluding carboxylic acids is 1. The number of hydrogen-bond donors (Lipinski definition) is 1. The second-order valence-corrected chi connectivity index (χ2v) is 5.16. The maximum atomic E-state index is 11.9. The zero-order chi connectivity index (χ0) is 18.1. The van der Waals surface area contributed by atoms with E-state index in [0.717, 1.165) is 16.9 Å². The molecule has 0 radical (unpaired) electrons. The molecule has 0 spiro atoms. The summed E-state index contributed by atoms with van der Waals surface area (Å²) in [7, 11) is 3.18. The summed E-state index contributed by atoms with van der Waals surface area (Å²) in [6.45, 7) is 2.47. The predicted molar refractivity (Wildman–Crippen MR) is 96.6 cm³/mol. The highest BCUT2D eigenvalue weighted by molar-refractivity contribution is 5.84. The van der Waals surface area contributed by atoms with Crippen LogP contribution in [0, 0.1) is 0 Å². The van der Waals surface area contributed by atoms with Crippen LogP contribution in [0.5, 0.6) is 17.2 Å². The molecule has 1 N–H and O–H groups in total. The number of hydrazone groups is 1. The zero-order valence-electron chi connectivity index (χ0n) is 14.6. The molecular formula is C19H22N2O4. The first-order chi connectivity index (χ1) is 12.2. The molecule has 0 aliphatic heterocycles. The van der Waals surface area contributed by atoms with Gasteiger partial charge in [-0.25, -0.2) is 5.43 Å². The standard InChI is InChI=1S/C19H22N2O4/c1-4-25-17-10-7-15(11-18(17)24-3)13-20-21-19(22)12-14-5-8-16(23-2)9-6-14/h5-11,13H,4,12H2,1-3H3,(H,21,22)/b20-13+. The fraction of sp³-hybridized carbons (Fsp3) is 0.263. The molecule has 0 aromatic heterocycles. The Kier molecular flexibility index (Phi) is 6.83. The normalized spacial score (nSPS) is 10.5. The van der Waals surface area contributed by atoms with Crippen molar-refractivity contribution in [3.05, 3.63) is 53.6 Å². The molecule has 0 saturated heterocycles. The van der Waals surface area contributed by atoms with E-state index in [0.29, 0.717) is 18.1 Å². The lowest BCUT2D eigenvalue weighted by Crippen LogP contribution is -2.19. The monoisotopic (exact) mass is 342 g/mol. The van der Waals surface area contributed by atoms with Crippen molar-refractivity contribution in [2.75, 3.05) is 20.8 Å². The minimum atomic E-state index is -0.195. The van der Waals surface area contributed by atoms with Gasteiger partial charge in [0.1, 0.15) is 5.75 Å². The van der Waals surface area contributed by atoms with Gasteiger partial charge in [-0.05, 0) is 48.4 Å². The molecule has 0 atom stereocenters. The van der Waals surface area contributed by atoms with Crippen molar-refractivity contribution in [2.45, 2.75) is 13.3 Å². The fourth-order valence-corrected chi connectivity index (χ4v) is 2.19. The largest absolute Gasteiger partial charge is 0.497 e. The Hall–Kier alpha value is -3.02. The molecule has 1 amide bonds. The van der Waals surface area contributed by atoms with Gasteiger partial charge in [-0.3, -0.25) is 4.79 Å². The number of ether oxygens (including phenoxy) is 3. The van der Waals surface area contributed by atoms with Crippen molar-refractivity contribution in [1.29, 1.82) is 0 Å². The molecule has 0 heterocycles. The van der Waals surface area contributed by atoms with E-state index < -0.39 is 0 Å². The first-order valence-electron chi connectivity index (χ1n) is 7.92. The van der Waals surface area contributed by atoms with Crippen molar-refractivity contribution in [3.63, 3.8) is 0 Å². The van der Waals surface area contributed by atoms with Gasteiger partial charge >= 0.3 is 0 Å². The number of carbonyl (C=O) groups is 1. The molecule has 2 aromatic carbocycles. The average Bonchev–Trinajstić information content (AvgIpc) is 2.63. The molecular weight excluding hydrogens is 320 g/mol. The van der Waals surface area contributed by atoms with E-state index in [4.69, 9.17) is 14.2 Å². The molecule has 6 heteroatoms. The first-order valence-corrected chi connectivity index (χ1v) is 7.92. The van der Waals surface area contributed by atoms with Crippen LogP contribution in [0.1, 0.15) is 18.1 Å². The predicted octanol–water partition coefficient (Wildman–Crippen LogP) is 2.80. The lowest BCUT2D eigenvalue weighted by Gasteiger charge is -2.09. The topological polar surface area (TPSA) is 69.2 Å². The van der Waals surface area contributed by atoms with E-state index in [1.807, 2.05) is 43.3 Å². The summed E-state index contributed by atoms with van der Waals surface area (Å²) < 4.78 is 15.8. The molecule has 6 nitrogen and oxygen atoms in total. The van der Waals surface area contributed by atoms with Crippen LogP contribution in [0.3, 0.4) is 0 Å². The molecule has 132 valence electrons. The van der Waals surface area contributed by atoms with Crippen LogP contribution in [0.4, 0.5) is 0 Å². The smallest absolute Gasteiger partial charge is 0.244 e. The van der Waals surface area contributed by atoms with Gasteiger partial charge in [0.25, 0.3) is 0 Å². The SMILES string of the molecule is CCOc1ccc(/C=N/NC(=O)Cc2ccc(OC)cc2)cc1OC. The third-order valence-corrected chi connectivity index (χ3v) is 3.41. The van der Waals surface area contributed by atoms with Crippen molar-refractivity contribution >= 4 is 12.1 Å². The van der Waals surface area contributed by atoms with Gasteiger partial charge in [0.15, 0.2) is 11.5 Å². The third-order valence-electron chi connectivity index (χ3n) is 3.41. The van der Waals surface area contributed by atoms with Crippen LogP contribution in [-0.4, -0.2) is 32.9 Å². The third kappa shape index (κ3) is 5.53. The Bertz CT molecular complexity index is 727. The van der Waals surface area contributed by atoms with Gasteiger partial charge in [-0.1, -0.05) is 12.1 Å². The second-order valence-electron chi connectivity index (χ2n) is 5.16. The molecule has 2 aromatic rings. The summed E-state index contributed by atoms with van der Waals surface area (Å²) in [5.74, 6) is 1.85. The molecule has 0 unspecified atom stereocenters. The molecule has 0 bridgehead atoms. The van der Waals surface area contributed by atoms with E-state index in [1.54, 1.807) is 26.5 Å². The Morgan fingerprint density at radius 2 is 1.84 bits per heavy atom. The van der Waals surface area contributed by atoms with E-state index >= 15 is 0 Å². The number of rotatable bonds is 8. The molecule has 0 fully saturated rings. The van der Waals surface area contributed by atoms with Crippen molar-refractivity contribution in [3.8, 4) is 17.2 Å². The Morgan fingerprint density at radius 1 is 1.08 bits per heavy atom. The summed E-state index contributed by atoms with van der Waals surface area (Å²) >= 11 is 0. The Morgan fingerprint density at radius 3 is 2.48 bits per heavy atom. The van der Waals surface area contributed by atoms with E-state index in [2.05, 4.69) is 10.5 Å². The molecule has 0 aliphatic carbocycles. The second kappa shape index (κ2) is 9.32. The number of hydrogen-bond acceptors (Lipinski definition) is 5. The quantitative estimate of drug-likeness (QED) is 0.592. The maximum absolute atomic E-state index is 11.9. The van der Waals surface area contributed by atoms with Gasteiger partial charge in [0, 0.05) is 0 Å². The van der Waals surface area contributed by atoms with Gasteiger partial charge < -0.3 is 14.2 Å². The highest BCUT2D eigenvalue weighted by Gasteiger charge is 2.05. The summed E-state index contributed by atoms with van der Waals surface area (Å²) in [5.41, 5.74) is 4.19. The number of amides is 1. The van der Waals surface area contributed by atoms with E-state index in [1.165, 1.54) is 0 Å². The average molecular weight is 342 g/mol. The van der Waals surface area contributed by atoms with Gasteiger partial charge in [-0.2, -0.15) is 5.10 Å². The minimum Gasteiger partial charge on any atom is -0.497 e. The van der Waals surface area contributed by atoms with Crippen LogP contribution in [-0.2, 0) is 11.2 Å². The van der Waals surface area contributed by atoms with Crippen LogP contribution in [0.25, 0.3) is 0 Å². The van der Waals surface area contributed by atoms with Crippen molar-refractivity contribution in [1.82, 2.24) is 5.43 Å². The highest BCUT2D eigenvalue weighted by atomic mass is 16.5. The van der Waals surface area contributed by atoms with Crippen LogP contribution < -0.4 is 19.6 Å². The van der Waals surface area contributed by atoms with Crippen LogP contribution in [0.15, 0.2) is 47.6 Å². The van der Waals surface area contributed by atoms with Crippen LogP contribution in [0.2, 0.25) is 0 Å². The summed E-state index contributed by atoms with van der Waals surface area (Å²) in [6.07, 6.45) is 1.80. The highest BCUT2D eigenvalue weighted by Crippen LogP contribution is 2.27. The number of nitrogens with one attached hydrogen (secondary N) is 1. The molecule has 2 rings (SSSR count). The van der Waals surface area contributed by atoms with Gasteiger partial charge in [-0.15, -0.1) is 0 Å². The molecule has 25 heavy (non-hydrogen) atoms. The minimum absolute atomic E-state index is 0.195. The van der Waals surface area contributed by atoms with E-state index in [9.17, 15) is 4.79 Å². The lowest BCUT2D eigenvalue weighted by atomic mass is 10.1. The zero-order valence-corrected chi connectivity index (χ0v) is 14.6. The van der Waals surface area contributed by atoms with E-state index in [-0.39, 0.29) is 12.3 Å². The Balaban J connectivity index is 1.92. The summed E-state index contributed by atoms with van der Waals surface area (Å²) in [6, 6.07) is 12.8. The van der Waals surface area contributed by atoms with Crippen molar-refractivity contribution in [2.24, 2.45) is 5.10 Å². The molecule has 0 saturated carbocycles. The number of nitrogens with zero attached hydrogens (tertiary/aromatic N) is 1.